The van der Waals surface area contributed by atoms with Crippen molar-refractivity contribution in [2.75, 3.05) is 0 Å². The zero-order chi connectivity index (χ0) is 14.5. The number of fused-ring (bicyclic) bond motifs is 3. The van der Waals surface area contributed by atoms with Gasteiger partial charge in [0.1, 0.15) is 0 Å². The molecular weight excluding hydrogens is 246 g/mol. The van der Waals surface area contributed by atoms with Gasteiger partial charge in [-0.1, -0.05) is 45.0 Å². The van der Waals surface area contributed by atoms with Crippen molar-refractivity contribution in [3.63, 3.8) is 0 Å². The fraction of sp³-hybridized carbons (Fsp3) is 0.278. The minimum atomic E-state index is 0.0687. The van der Waals surface area contributed by atoms with E-state index in [2.05, 4.69) is 39.0 Å². The maximum absolute atomic E-state index is 12.5. The molecule has 3 rings (SSSR count). The first-order chi connectivity index (χ1) is 9.39. The summed E-state index contributed by atoms with van der Waals surface area (Å²) in [5, 5.41) is 2.98. The number of hydrogen-bond donors (Lipinski definition) is 0. The Morgan fingerprint density at radius 1 is 0.900 bits per heavy atom. The molecule has 0 aliphatic rings. The molecule has 0 spiro atoms. The van der Waals surface area contributed by atoms with Crippen molar-refractivity contribution in [2.45, 2.75) is 26.2 Å². The van der Waals surface area contributed by atoms with E-state index in [9.17, 15) is 4.79 Å². The molecule has 0 unspecified atom stereocenters. The molecule has 0 N–H and O–H groups in total. The van der Waals surface area contributed by atoms with Crippen LogP contribution in [0.2, 0.25) is 0 Å². The van der Waals surface area contributed by atoms with Crippen molar-refractivity contribution < 1.29 is 0 Å². The second-order valence-electron chi connectivity index (χ2n) is 6.39. The molecule has 1 aromatic heterocycles. The molecule has 2 nitrogen and oxygen atoms in total. The number of aromatic nitrogens is 1. The molecule has 1 heterocycles. The van der Waals surface area contributed by atoms with Crippen LogP contribution in [0.25, 0.3) is 21.7 Å². The Morgan fingerprint density at radius 2 is 1.60 bits per heavy atom. The Bertz CT molecular complexity index is 866. The maximum atomic E-state index is 12.5. The Labute approximate surface area is 118 Å². The van der Waals surface area contributed by atoms with Crippen molar-refractivity contribution in [3.8, 4) is 0 Å². The van der Waals surface area contributed by atoms with Crippen LogP contribution in [0.4, 0.5) is 0 Å². The van der Waals surface area contributed by atoms with Crippen LogP contribution in [0.3, 0.4) is 0 Å². The van der Waals surface area contributed by atoms with E-state index in [0.717, 1.165) is 21.7 Å². The van der Waals surface area contributed by atoms with Gasteiger partial charge in [0.2, 0.25) is 0 Å². The maximum Gasteiger partial charge on any atom is 0.258 e. The van der Waals surface area contributed by atoms with E-state index < -0.39 is 0 Å². The molecular formula is C18H19NO. The van der Waals surface area contributed by atoms with Crippen LogP contribution in [0.1, 0.15) is 26.3 Å². The summed E-state index contributed by atoms with van der Waals surface area (Å²) in [6.07, 6.45) is 0. The number of para-hydroxylation sites is 1. The normalized spacial score (nSPS) is 12.2. The zero-order valence-corrected chi connectivity index (χ0v) is 12.4. The first-order valence-corrected chi connectivity index (χ1v) is 6.91. The molecule has 0 amide bonds. The highest BCUT2D eigenvalue weighted by Gasteiger charge is 2.16. The van der Waals surface area contributed by atoms with Gasteiger partial charge >= 0.3 is 0 Å². The van der Waals surface area contributed by atoms with Crippen LogP contribution in [0.15, 0.2) is 47.3 Å². The average molecular weight is 265 g/mol. The molecule has 0 saturated carbocycles. The van der Waals surface area contributed by atoms with Crippen molar-refractivity contribution in [3.05, 3.63) is 58.4 Å². The molecule has 2 heteroatoms. The molecule has 20 heavy (non-hydrogen) atoms. The molecule has 0 saturated heterocycles. The third kappa shape index (κ3) is 1.83. The lowest BCUT2D eigenvalue weighted by Gasteiger charge is -2.20. The van der Waals surface area contributed by atoms with Crippen molar-refractivity contribution >= 4 is 21.7 Å². The second-order valence-corrected chi connectivity index (χ2v) is 6.39. The van der Waals surface area contributed by atoms with Gasteiger partial charge in [0.15, 0.2) is 0 Å². The molecule has 3 aromatic rings. The lowest BCUT2D eigenvalue weighted by atomic mass is 9.85. The average Bonchev–Trinajstić information content (AvgIpc) is 2.43. The fourth-order valence-corrected chi connectivity index (χ4v) is 2.70. The predicted molar refractivity (Wildman–Crippen MR) is 85.4 cm³/mol. The summed E-state index contributed by atoms with van der Waals surface area (Å²) in [5.41, 5.74) is 2.38. The Kier molecular flexibility index (Phi) is 2.72. The number of rotatable bonds is 0. The quantitative estimate of drug-likeness (QED) is 0.563. The van der Waals surface area contributed by atoms with Gasteiger partial charge in [-0.25, -0.2) is 0 Å². The topological polar surface area (TPSA) is 22.0 Å². The Morgan fingerprint density at radius 3 is 2.30 bits per heavy atom. The lowest BCUT2D eigenvalue weighted by molar-refractivity contribution is 0.591. The molecule has 0 atom stereocenters. The van der Waals surface area contributed by atoms with Gasteiger partial charge in [-0.3, -0.25) is 4.79 Å². The number of nitrogens with zero attached hydrogens (tertiary/aromatic N) is 1. The monoisotopic (exact) mass is 265 g/mol. The van der Waals surface area contributed by atoms with Gasteiger partial charge in [-0.15, -0.1) is 0 Å². The van der Waals surface area contributed by atoms with Crippen LogP contribution >= 0.6 is 0 Å². The van der Waals surface area contributed by atoms with E-state index in [0.29, 0.717) is 0 Å². The third-order valence-corrected chi connectivity index (χ3v) is 3.98. The predicted octanol–water partition coefficient (Wildman–Crippen LogP) is 3.99. The summed E-state index contributed by atoms with van der Waals surface area (Å²) in [5.74, 6) is 0. The van der Waals surface area contributed by atoms with E-state index >= 15 is 0 Å². The molecule has 2 aromatic carbocycles. The minimum absolute atomic E-state index is 0.0687. The summed E-state index contributed by atoms with van der Waals surface area (Å²) >= 11 is 0. The molecule has 0 bridgehead atoms. The first-order valence-electron chi connectivity index (χ1n) is 6.91. The standard InChI is InChI=1S/C18H19NO/c1-18(2,3)12-9-10-14-15(11-12)13-7-5-6-8-16(13)19(4)17(14)20/h5-11H,1-4H3. The van der Waals surface area contributed by atoms with Crippen LogP contribution < -0.4 is 5.56 Å². The number of aryl methyl sites for hydroxylation is 1. The van der Waals surface area contributed by atoms with E-state index in [1.807, 2.05) is 31.3 Å². The zero-order valence-electron chi connectivity index (χ0n) is 12.4. The van der Waals surface area contributed by atoms with Crippen molar-refractivity contribution in [1.29, 1.82) is 0 Å². The molecule has 0 radical (unpaired) electrons. The highest BCUT2D eigenvalue weighted by atomic mass is 16.1. The summed E-state index contributed by atoms with van der Waals surface area (Å²) in [6, 6.07) is 14.3. The van der Waals surface area contributed by atoms with Crippen LogP contribution in [-0.2, 0) is 12.5 Å². The van der Waals surface area contributed by atoms with Crippen molar-refractivity contribution in [2.24, 2.45) is 7.05 Å². The fourth-order valence-electron chi connectivity index (χ4n) is 2.70. The summed E-state index contributed by atoms with van der Waals surface area (Å²) in [7, 11) is 1.84. The minimum Gasteiger partial charge on any atom is -0.311 e. The van der Waals surface area contributed by atoms with E-state index in [4.69, 9.17) is 0 Å². The van der Waals surface area contributed by atoms with Crippen molar-refractivity contribution in [1.82, 2.24) is 4.57 Å². The lowest BCUT2D eigenvalue weighted by Crippen LogP contribution is -2.18. The van der Waals surface area contributed by atoms with E-state index in [-0.39, 0.29) is 11.0 Å². The molecule has 102 valence electrons. The number of pyridine rings is 1. The van der Waals surface area contributed by atoms with Crippen LogP contribution in [-0.4, -0.2) is 4.57 Å². The molecule has 0 fully saturated rings. The first kappa shape index (κ1) is 12.9. The largest absolute Gasteiger partial charge is 0.311 e. The highest BCUT2D eigenvalue weighted by Crippen LogP contribution is 2.28. The molecule has 0 aliphatic carbocycles. The second kappa shape index (κ2) is 4.20. The number of benzene rings is 2. The van der Waals surface area contributed by atoms with Gasteiger partial charge in [-0.05, 0) is 34.6 Å². The highest BCUT2D eigenvalue weighted by molar-refractivity contribution is 6.05. The number of hydrogen-bond acceptors (Lipinski definition) is 1. The summed E-state index contributed by atoms with van der Waals surface area (Å²) in [6.45, 7) is 6.58. The van der Waals surface area contributed by atoms with Gasteiger partial charge in [0, 0.05) is 17.8 Å². The summed E-state index contributed by atoms with van der Waals surface area (Å²) < 4.78 is 1.73. The van der Waals surface area contributed by atoms with E-state index in [1.165, 1.54) is 5.56 Å². The van der Waals surface area contributed by atoms with Gasteiger partial charge in [0.05, 0.1) is 5.52 Å². The van der Waals surface area contributed by atoms with Crippen LogP contribution in [0, 0.1) is 0 Å². The SMILES string of the molecule is Cn1c(=O)c2ccc(C(C)(C)C)cc2c2ccccc21. The Balaban J connectivity index is 2.54. The van der Waals surface area contributed by atoms with Crippen LogP contribution in [0.5, 0.6) is 0 Å². The van der Waals surface area contributed by atoms with Gasteiger partial charge < -0.3 is 4.57 Å². The summed E-state index contributed by atoms with van der Waals surface area (Å²) in [4.78, 5) is 12.5. The van der Waals surface area contributed by atoms with E-state index in [1.54, 1.807) is 4.57 Å². The Hall–Kier alpha value is -2.09. The third-order valence-electron chi connectivity index (χ3n) is 3.98. The van der Waals surface area contributed by atoms with Gasteiger partial charge in [0.25, 0.3) is 5.56 Å². The van der Waals surface area contributed by atoms with Gasteiger partial charge in [-0.2, -0.15) is 0 Å². The molecule has 0 aliphatic heterocycles. The smallest absolute Gasteiger partial charge is 0.258 e.